The molecule has 0 aliphatic rings. The van der Waals surface area contributed by atoms with Crippen LogP contribution in [-0.2, 0) is 0 Å². The summed E-state index contributed by atoms with van der Waals surface area (Å²) in [7, 11) is 1.41. The number of methoxy groups -OCH3 is 1. The van der Waals surface area contributed by atoms with Gasteiger partial charge >= 0.3 is 0 Å². The fraction of sp³-hybridized carbons (Fsp3) is 0.273. The van der Waals surface area contributed by atoms with Crippen LogP contribution in [0.25, 0.3) is 11.5 Å². The minimum atomic E-state index is -0.508. The van der Waals surface area contributed by atoms with Crippen LogP contribution >= 0.6 is 11.6 Å². The van der Waals surface area contributed by atoms with Crippen LogP contribution in [0.1, 0.15) is 18.1 Å². The molecule has 0 amide bonds. The maximum atomic E-state index is 10.7. The van der Waals surface area contributed by atoms with Gasteiger partial charge in [-0.1, -0.05) is 5.16 Å². The van der Waals surface area contributed by atoms with E-state index in [0.29, 0.717) is 11.4 Å². The first-order valence-corrected chi connectivity index (χ1v) is 5.77. The van der Waals surface area contributed by atoms with E-state index in [9.17, 15) is 10.1 Å². The van der Waals surface area contributed by atoms with Gasteiger partial charge in [-0.25, -0.2) is 0 Å². The number of non-ortho nitro benzene ring substituents is 1. The van der Waals surface area contributed by atoms with Crippen LogP contribution in [0.2, 0.25) is 0 Å². The van der Waals surface area contributed by atoms with Crippen molar-refractivity contribution < 1.29 is 14.2 Å². The molecule has 0 spiro atoms. The summed E-state index contributed by atoms with van der Waals surface area (Å²) >= 11 is 5.84. The highest BCUT2D eigenvalue weighted by molar-refractivity contribution is 6.20. The summed E-state index contributed by atoms with van der Waals surface area (Å²) in [6.45, 7) is 1.71. The van der Waals surface area contributed by atoms with Gasteiger partial charge in [-0.2, -0.15) is 4.98 Å². The third-order valence-electron chi connectivity index (χ3n) is 2.42. The Morgan fingerprint density at radius 2 is 2.26 bits per heavy atom. The van der Waals surface area contributed by atoms with Gasteiger partial charge in [0, 0.05) is 6.07 Å². The van der Waals surface area contributed by atoms with Crippen molar-refractivity contribution in [2.75, 3.05) is 7.11 Å². The molecular weight excluding hydrogens is 274 g/mol. The maximum Gasteiger partial charge on any atom is 0.273 e. The van der Waals surface area contributed by atoms with Crippen molar-refractivity contribution in [2.45, 2.75) is 12.3 Å². The number of halogens is 1. The van der Waals surface area contributed by atoms with Crippen molar-refractivity contribution in [3.8, 4) is 17.2 Å². The molecule has 8 heteroatoms. The van der Waals surface area contributed by atoms with Crippen LogP contribution < -0.4 is 4.74 Å². The monoisotopic (exact) mass is 283 g/mol. The Bertz CT molecular complexity index is 612. The van der Waals surface area contributed by atoms with Crippen LogP contribution in [0.3, 0.4) is 0 Å². The van der Waals surface area contributed by atoms with Gasteiger partial charge in [0.15, 0.2) is 5.82 Å². The van der Waals surface area contributed by atoms with E-state index in [-0.39, 0.29) is 22.7 Å². The summed E-state index contributed by atoms with van der Waals surface area (Å²) in [6, 6.07) is 4.13. The zero-order chi connectivity index (χ0) is 14.0. The van der Waals surface area contributed by atoms with Crippen LogP contribution in [0.15, 0.2) is 22.7 Å². The molecular formula is C11H10ClN3O4. The zero-order valence-electron chi connectivity index (χ0n) is 10.2. The molecule has 0 saturated heterocycles. The van der Waals surface area contributed by atoms with Gasteiger partial charge < -0.3 is 9.26 Å². The molecule has 2 aromatic rings. The molecule has 1 heterocycles. The van der Waals surface area contributed by atoms with Gasteiger partial charge in [0.05, 0.1) is 29.0 Å². The molecule has 100 valence electrons. The van der Waals surface area contributed by atoms with E-state index >= 15 is 0 Å². The van der Waals surface area contributed by atoms with Crippen LogP contribution in [-0.4, -0.2) is 22.2 Å². The normalized spacial score (nSPS) is 12.2. The molecule has 2 rings (SSSR count). The van der Waals surface area contributed by atoms with E-state index < -0.39 is 4.92 Å². The van der Waals surface area contributed by atoms with E-state index in [1.165, 1.54) is 25.3 Å². The predicted molar refractivity (Wildman–Crippen MR) is 67.2 cm³/mol. The molecule has 1 unspecified atom stereocenters. The second-order valence-corrected chi connectivity index (χ2v) is 4.37. The molecule has 0 radical (unpaired) electrons. The lowest BCUT2D eigenvalue weighted by Gasteiger charge is -2.03. The number of nitro groups is 1. The van der Waals surface area contributed by atoms with E-state index in [4.69, 9.17) is 20.9 Å². The Morgan fingerprint density at radius 3 is 2.79 bits per heavy atom. The molecule has 19 heavy (non-hydrogen) atoms. The van der Waals surface area contributed by atoms with Gasteiger partial charge in [-0.3, -0.25) is 10.1 Å². The summed E-state index contributed by atoms with van der Waals surface area (Å²) in [5, 5.41) is 14.0. The maximum absolute atomic E-state index is 10.7. The minimum absolute atomic E-state index is 0.0777. The summed E-state index contributed by atoms with van der Waals surface area (Å²) in [4.78, 5) is 14.3. The minimum Gasteiger partial charge on any atom is -0.496 e. The number of ether oxygens (including phenoxy) is 1. The fourth-order valence-corrected chi connectivity index (χ4v) is 1.56. The standard InChI is InChI=1S/C11H10ClN3O4/c1-6(12)10-13-11(19-14-10)8-4-3-7(15(16)17)5-9(8)18-2/h3-6H,1-2H3. The number of nitro benzene ring substituents is 1. The molecule has 1 atom stereocenters. The van der Waals surface area contributed by atoms with Gasteiger partial charge in [0.2, 0.25) is 0 Å². The SMILES string of the molecule is COc1cc([N+](=O)[O-])ccc1-c1nc(C(C)Cl)no1. The van der Waals surface area contributed by atoms with E-state index in [0.717, 1.165) is 0 Å². The lowest BCUT2D eigenvalue weighted by atomic mass is 10.2. The van der Waals surface area contributed by atoms with E-state index in [1.54, 1.807) is 6.92 Å². The molecule has 0 fully saturated rings. The largest absolute Gasteiger partial charge is 0.496 e. The van der Waals surface area contributed by atoms with E-state index in [2.05, 4.69) is 10.1 Å². The number of hydrogen-bond donors (Lipinski definition) is 0. The van der Waals surface area contributed by atoms with Crippen molar-refractivity contribution in [2.24, 2.45) is 0 Å². The Balaban J connectivity index is 2.46. The molecule has 1 aromatic heterocycles. The average Bonchev–Trinajstić information content (AvgIpc) is 2.87. The van der Waals surface area contributed by atoms with Crippen LogP contribution in [0, 0.1) is 10.1 Å². The van der Waals surface area contributed by atoms with Crippen molar-refractivity contribution >= 4 is 17.3 Å². The van der Waals surface area contributed by atoms with Crippen LogP contribution in [0.4, 0.5) is 5.69 Å². The summed E-state index contributed by atoms with van der Waals surface area (Å²) < 4.78 is 10.2. The third-order valence-corrected chi connectivity index (χ3v) is 2.62. The van der Waals surface area contributed by atoms with Crippen molar-refractivity contribution in [1.82, 2.24) is 10.1 Å². The lowest BCUT2D eigenvalue weighted by Crippen LogP contribution is -1.93. The average molecular weight is 284 g/mol. The summed E-state index contributed by atoms with van der Waals surface area (Å²) in [6.07, 6.45) is 0. The number of rotatable bonds is 4. The highest BCUT2D eigenvalue weighted by atomic mass is 35.5. The van der Waals surface area contributed by atoms with Gasteiger partial charge in [-0.15, -0.1) is 11.6 Å². The number of nitrogens with zero attached hydrogens (tertiary/aromatic N) is 3. The number of benzene rings is 1. The molecule has 1 aromatic carbocycles. The molecule has 0 aliphatic carbocycles. The smallest absolute Gasteiger partial charge is 0.273 e. The van der Waals surface area contributed by atoms with Gasteiger partial charge in [-0.05, 0) is 13.0 Å². The highest BCUT2D eigenvalue weighted by Gasteiger charge is 2.18. The molecule has 7 nitrogen and oxygen atoms in total. The quantitative estimate of drug-likeness (QED) is 0.486. The highest BCUT2D eigenvalue weighted by Crippen LogP contribution is 2.32. The van der Waals surface area contributed by atoms with Crippen molar-refractivity contribution in [1.29, 1.82) is 0 Å². The Morgan fingerprint density at radius 1 is 1.53 bits per heavy atom. The summed E-state index contributed by atoms with van der Waals surface area (Å²) in [5.74, 6) is 0.831. The molecule has 0 saturated carbocycles. The Kier molecular flexibility index (Phi) is 3.66. The Labute approximate surface area is 113 Å². The number of aromatic nitrogens is 2. The second-order valence-electron chi connectivity index (χ2n) is 3.72. The first-order valence-electron chi connectivity index (χ1n) is 5.33. The lowest BCUT2D eigenvalue weighted by molar-refractivity contribution is -0.384. The zero-order valence-corrected chi connectivity index (χ0v) is 10.9. The number of alkyl halides is 1. The first-order chi connectivity index (χ1) is 9.02. The number of hydrogen-bond acceptors (Lipinski definition) is 6. The predicted octanol–water partition coefficient (Wildman–Crippen LogP) is 2.95. The third kappa shape index (κ3) is 2.65. The van der Waals surface area contributed by atoms with Gasteiger partial charge in [0.25, 0.3) is 11.6 Å². The topological polar surface area (TPSA) is 91.3 Å². The molecule has 0 bridgehead atoms. The Hall–Kier alpha value is -2.15. The second kappa shape index (κ2) is 5.23. The fourth-order valence-electron chi connectivity index (χ4n) is 1.48. The molecule has 0 aliphatic heterocycles. The van der Waals surface area contributed by atoms with E-state index in [1.807, 2.05) is 0 Å². The summed E-state index contributed by atoms with van der Waals surface area (Å²) in [5.41, 5.74) is 0.398. The van der Waals surface area contributed by atoms with Crippen molar-refractivity contribution in [3.05, 3.63) is 34.1 Å². The van der Waals surface area contributed by atoms with Gasteiger partial charge in [0.1, 0.15) is 5.75 Å². The first kappa shape index (κ1) is 13.3. The molecule has 0 N–H and O–H groups in total. The van der Waals surface area contributed by atoms with Crippen molar-refractivity contribution in [3.63, 3.8) is 0 Å². The van der Waals surface area contributed by atoms with Crippen LogP contribution in [0.5, 0.6) is 5.75 Å².